The third kappa shape index (κ3) is 3.26. The monoisotopic (exact) mass is 398 g/mol. The maximum absolute atomic E-state index is 12.9. The van der Waals surface area contributed by atoms with Crippen LogP contribution in [0.2, 0.25) is 0 Å². The summed E-state index contributed by atoms with van der Waals surface area (Å²) in [6.07, 6.45) is 1.46. The Balaban J connectivity index is 1.69. The fourth-order valence-electron chi connectivity index (χ4n) is 3.74. The standard InChI is InChI=1S/C21H22N2O4S/c1-15-20(21(22-27-15)17-6-3-2-4-7-17)16-9-11-19(12-10-16)28(25,26)23-13-5-8-18(23)14-24/h2-4,6-7,9-12,18,24H,5,8,13-14H2,1H3/t18-/m0/s1. The van der Waals surface area contributed by atoms with Crippen molar-refractivity contribution in [3.05, 3.63) is 60.4 Å². The summed E-state index contributed by atoms with van der Waals surface area (Å²) in [6.45, 7) is 2.13. The van der Waals surface area contributed by atoms with Gasteiger partial charge in [0.2, 0.25) is 10.0 Å². The zero-order valence-corrected chi connectivity index (χ0v) is 16.4. The average molecular weight is 398 g/mol. The van der Waals surface area contributed by atoms with Crippen molar-refractivity contribution in [2.75, 3.05) is 13.2 Å². The predicted molar refractivity (Wildman–Crippen MR) is 106 cm³/mol. The van der Waals surface area contributed by atoms with Gasteiger partial charge in [0.25, 0.3) is 0 Å². The van der Waals surface area contributed by atoms with Crippen molar-refractivity contribution in [1.82, 2.24) is 9.46 Å². The van der Waals surface area contributed by atoms with Gasteiger partial charge in [0, 0.05) is 18.2 Å². The number of benzene rings is 2. The summed E-state index contributed by atoms with van der Waals surface area (Å²) >= 11 is 0. The second kappa shape index (κ2) is 7.50. The molecule has 3 aromatic rings. The lowest BCUT2D eigenvalue weighted by atomic mass is 10.00. The number of rotatable bonds is 5. The van der Waals surface area contributed by atoms with E-state index in [-0.39, 0.29) is 17.5 Å². The largest absolute Gasteiger partial charge is 0.395 e. The van der Waals surface area contributed by atoms with Gasteiger partial charge in [-0.3, -0.25) is 0 Å². The summed E-state index contributed by atoms with van der Waals surface area (Å²) in [5.74, 6) is 0.675. The highest BCUT2D eigenvalue weighted by Crippen LogP contribution is 2.35. The lowest BCUT2D eigenvalue weighted by Gasteiger charge is -2.22. The molecule has 0 radical (unpaired) electrons. The van der Waals surface area contributed by atoms with E-state index in [0.29, 0.717) is 18.7 Å². The van der Waals surface area contributed by atoms with Crippen LogP contribution in [-0.4, -0.2) is 42.2 Å². The van der Waals surface area contributed by atoms with E-state index in [1.54, 1.807) is 24.3 Å². The molecule has 4 rings (SSSR count). The molecule has 1 fully saturated rings. The zero-order chi connectivity index (χ0) is 19.7. The van der Waals surface area contributed by atoms with Gasteiger partial charge < -0.3 is 9.63 Å². The van der Waals surface area contributed by atoms with Crippen LogP contribution in [0.4, 0.5) is 0 Å². The Morgan fingerprint density at radius 3 is 2.50 bits per heavy atom. The molecule has 1 saturated heterocycles. The topological polar surface area (TPSA) is 83.6 Å². The molecule has 1 N–H and O–H groups in total. The van der Waals surface area contributed by atoms with E-state index in [4.69, 9.17) is 4.52 Å². The van der Waals surface area contributed by atoms with Crippen LogP contribution in [0, 0.1) is 6.92 Å². The third-order valence-corrected chi connectivity index (χ3v) is 7.16. The molecule has 0 amide bonds. The van der Waals surface area contributed by atoms with Gasteiger partial charge in [-0.2, -0.15) is 4.31 Å². The van der Waals surface area contributed by atoms with E-state index in [9.17, 15) is 13.5 Å². The van der Waals surface area contributed by atoms with Crippen LogP contribution in [0.1, 0.15) is 18.6 Å². The lowest BCUT2D eigenvalue weighted by molar-refractivity contribution is 0.213. The highest BCUT2D eigenvalue weighted by molar-refractivity contribution is 7.89. The number of aromatic nitrogens is 1. The lowest BCUT2D eigenvalue weighted by Crippen LogP contribution is -2.37. The quantitative estimate of drug-likeness (QED) is 0.712. The first kappa shape index (κ1) is 18.9. The Bertz CT molecular complexity index is 1060. The number of aliphatic hydroxyl groups is 1. The average Bonchev–Trinajstić information content (AvgIpc) is 3.35. The zero-order valence-electron chi connectivity index (χ0n) is 15.6. The van der Waals surface area contributed by atoms with Crippen molar-refractivity contribution >= 4 is 10.0 Å². The summed E-state index contributed by atoms with van der Waals surface area (Å²) in [4.78, 5) is 0.229. The molecule has 1 aliphatic rings. The minimum absolute atomic E-state index is 0.155. The summed E-state index contributed by atoms with van der Waals surface area (Å²) in [6, 6.07) is 16.2. The summed E-state index contributed by atoms with van der Waals surface area (Å²) < 4.78 is 32.7. The van der Waals surface area contributed by atoms with E-state index in [2.05, 4.69) is 5.16 Å². The van der Waals surface area contributed by atoms with Gasteiger partial charge in [-0.05, 0) is 37.5 Å². The maximum atomic E-state index is 12.9. The van der Waals surface area contributed by atoms with Gasteiger partial charge in [-0.1, -0.05) is 47.6 Å². The number of aliphatic hydroxyl groups excluding tert-OH is 1. The van der Waals surface area contributed by atoms with Gasteiger partial charge in [-0.15, -0.1) is 0 Å². The van der Waals surface area contributed by atoms with E-state index in [0.717, 1.165) is 28.8 Å². The Morgan fingerprint density at radius 1 is 1.11 bits per heavy atom. The predicted octanol–water partition coefficient (Wildman–Crippen LogP) is 3.46. The molecule has 0 saturated carbocycles. The second-order valence-electron chi connectivity index (χ2n) is 6.95. The number of nitrogens with zero attached hydrogens (tertiary/aromatic N) is 2. The van der Waals surface area contributed by atoms with Crippen LogP contribution in [0.25, 0.3) is 22.4 Å². The summed E-state index contributed by atoms with van der Waals surface area (Å²) in [5, 5.41) is 13.6. The van der Waals surface area contributed by atoms with Crippen molar-refractivity contribution in [2.24, 2.45) is 0 Å². The molecular formula is C21H22N2O4S. The normalized spacial score (nSPS) is 17.9. The molecule has 2 aromatic carbocycles. The smallest absolute Gasteiger partial charge is 0.243 e. The molecule has 0 unspecified atom stereocenters. The van der Waals surface area contributed by atoms with Crippen molar-refractivity contribution in [1.29, 1.82) is 0 Å². The minimum Gasteiger partial charge on any atom is -0.395 e. The van der Waals surface area contributed by atoms with Gasteiger partial charge in [0.15, 0.2) is 0 Å². The van der Waals surface area contributed by atoms with Crippen molar-refractivity contribution in [2.45, 2.75) is 30.7 Å². The number of aryl methyl sites for hydroxylation is 1. The molecule has 0 spiro atoms. The van der Waals surface area contributed by atoms with E-state index < -0.39 is 10.0 Å². The number of hydrogen-bond donors (Lipinski definition) is 1. The van der Waals surface area contributed by atoms with Gasteiger partial charge in [0.05, 0.1) is 17.1 Å². The first-order chi connectivity index (χ1) is 13.5. The number of sulfonamides is 1. The van der Waals surface area contributed by atoms with E-state index in [1.807, 2.05) is 37.3 Å². The second-order valence-corrected chi connectivity index (χ2v) is 8.84. The molecule has 1 aromatic heterocycles. The molecule has 1 atom stereocenters. The van der Waals surface area contributed by atoms with Gasteiger partial charge in [0.1, 0.15) is 11.5 Å². The van der Waals surface area contributed by atoms with Crippen LogP contribution >= 0.6 is 0 Å². The summed E-state index contributed by atoms with van der Waals surface area (Å²) in [5.41, 5.74) is 3.36. The Morgan fingerprint density at radius 2 is 1.82 bits per heavy atom. The van der Waals surface area contributed by atoms with Gasteiger partial charge >= 0.3 is 0 Å². The Hall–Kier alpha value is -2.48. The highest BCUT2D eigenvalue weighted by Gasteiger charge is 2.34. The summed E-state index contributed by atoms with van der Waals surface area (Å²) in [7, 11) is -3.62. The molecule has 1 aliphatic heterocycles. The molecule has 6 nitrogen and oxygen atoms in total. The van der Waals surface area contributed by atoms with Crippen LogP contribution in [0.15, 0.2) is 64.0 Å². The van der Waals surface area contributed by atoms with Crippen LogP contribution in [0.5, 0.6) is 0 Å². The van der Waals surface area contributed by atoms with Crippen molar-refractivity contribution in [3.8, 4) is 22.4 Å². The van der Waals surface area contributed by atoms with Crippen LogP contribution in [-0.2, 0) is 10.0 Å². The molecule has 0 bridgehead atoms. The highest BCUT2D eigenvalue weighted by atomic mass is 32.2. The molecular weight excluding hydrogens is 376 g/mol. The first-order valence-corrected chi connectivity index (χ1v) is 10.7. The SMILES string of the molecule is Cc1onc(-c2ccccc2)c1-c1ccc(S(=O)(=O)N2CCC[C@H]2CO)cc1. The molecule has 7 heteroatoms. The fraction of sp³-hybridized carbons (Fsp3) is 0.286. The Kier molecular flexibility index (Phi) is 5.05. The van der Waals surface area contributed by atoms with E-state index >= 15 is 0 Å². The molecule has 0 aliphatic carbocycles. The first-order valence-electron chi connectivity index (χ1n) is 9.27. The molecule has 146 valence electrons. The Labute approximate surface area is 164 Å². The van der Waals surface area contributed by atoms with Crippen molar-refractivity contribution < 1.29 is 18.0 Å². The van der Waals surface area contributed by atoms with Crippen LogP contribution in [0.3, 0.4) is 0 Å². The fourth-order valence-corrected chi connectivity index (χ4v) is 5.43. The minimum atomic E-state index is -3.62. The molecule has 28 heavy (non-hydrogen) atoms. The number of hydrogen-bond acceptors (Lipinski definition) is 5. The molecule has 2 heterocycles. The third-order valence-electron chi connectivity index (χ3n) is 5.19. The van der Waals surface area contributed by atoms with Crippen molar-refractivity contribution in [3.63, 3.8) is 0 Å². The van der Waals surface area contributed by atoms with Gasteiger partial charge in [-0.25, -0.2) is 8.42 Å². The van der Waals surface area contributed by atoms with E-state index in [1.165, 1.54) is 4.31 Å². The van der Waals surface area contributed by atoms with Crippen LogP contribution < -0.4 is 0 Å². The maximum Gasteiger partial charge on any atom is 0.243 e.